The minimum atomic E-state index is -0.321. The second kappa shape index (κ2) is 4.21. The SMILES string of the molecule is CC(C1CCC1)C(O)c1ccc(Cl)s1. The number of hydrogen-bond acceptors (Lipinski definition) is 2. The Morgan fingerprint density at radius 2 is 2.21 bits per heavy atom. The lowest BCUT2D eigenvalue weighted by atomic mass is 9.74. The maximum atomic E-state index is 10.1. The highest BCUT2D eigenvalue weighted by Gasteiger charge is 2.30. The summed E-state index contributed by atoms with van der Waals surface area (Å²) in [7, 11) is 0. The fraction of sp³-hybridized carbons (Fsp3) is 0.636. The lowest BCUT2D eigenvalue weighted by Crippen LogP contribution is -2.24. The molecule has 1 heterocycles. The second-order valence-corrected chi connectivity index (χ2v) is 5.88. The van der Waals surface area contributed by atoms with Crippen molar-refractivity contribution in [2.75, 3.05) is 0 Å². The van der Waals surface area contributed by atoms with Crippen LogP contribution in [0.2, 0.25) is 4.34 Å². The smallest absolute Gasteiger partial charge is 0.0932 e. The fourth-order valence-electron chi connectivity index (χ4n) is 1.97. The highest BCUT2D eigenvalue weighted by molar-refractivity contribution is 7.16. The van der Waals surface area contributed by atoms with Crippen molar-refractivity contribution in [1.82, 2.24) is 0 Å². The van der Waals surface area contributed by atoms with Gasteiger partial charge in [-0.25, -0.2) is 0 Å². The molecule has 3 heteroatoms. The molecule has 1 fully saturated rings. The predicted octanol–water partition coefficient (Wildman–Crippen LogP) is 3.87. The van der Waals surface area contributed by atoms with E-state index in [0.29, 0.717) is 11.8 Å². The molecule has 2 atom stereocenters. The van der Waals surface area contributed by atoms with E-state index in [4.69, 9.17) is 11.6 Å². The fourth-order valence-corrected chi connectivity index (χ4v) is 3.13. The summed E-state index contributed by atoms with van der Waals surface area (Å²) >= 11 is 7.34. The summed E-state index contributed by atoms with van der Waals surface area (Å²) in [6.45, 7) is 2.14. The molecule has 0 radical (unpaired) electrons. The molecule has 0 aliphatic heterocycles. The van der Waals surface area contributed by atoms with Gasteiger partial charge in [-0.15, -0.1) is 11.3 Å². The van der Waals surface area contributed by atoms with Crippen molar-refractivity contribution in [2.24, 2.45) is 11.8 Å². The van der Waals surface area contributed by atoms with Crippen molar-refractivity contribution in [3.63, 3.8) is 0 Å². The number of thiophene rings is 1. The topological polar surface area (TPSA) is 20.2 Å². The van der Waals surface area contributed by atoms with Crippen LogP contribution in [0, 0.1) is 11.8 Å². The summed E-state index contributed by atoms with van der Waals surface area (Å²) in [5.41, 5.74) is 0. The number of aliphatic hydroxyl groups excluding tert-OH is 1. The number of aliphatic hydroxyl groups is 1. The van der Waals surface area contributed by atoms with E-state index in [1.165, 1.54) is 30.6 Å². The largest absolute Gasteiger partial charge is 0.387 e. The van der Waals surface area contributed by atoms with E-state index in [0.717, 1.165) is 9.21 Å². The Balaban J connectivity index is 2.03. The first kappa shape index (κ1) is 10.5. The first-order valence-corrected chi connectivity index (χ1v) is 6.31. The molecule has 0 spiro atoms. The Labute approximate surface area is 93.7 Å². The first-order chi connectivity index (χ1) is 6.68. The maximum Gasteiger partial charge on any atom is 0.0932 e. The van der Waals surface area contributed by atoms with Crippen LogP contribution in [-0.4, -0.2) is 5.11 Å². The van der Waals surface area contributed by atoms with Crippen LogP contribution in [0.3, 0.4) is 0 Å². The third-order valence-corrected chi connectivity index (χ3v) is 4.58. The molecule has 2 rings (SSSR count). The summed E-state index contributed by atoms with van der Waals surface area (Å²) < 4.78 is 0.764. The van der Waals surface area contributed by atoms with Crippen LogP contribution in [0.4, 0.5) is 0 Å². The second-order valence-electron chi connectivity index (χ2n) is 4.14. The van der Waals surface area contributed by atoms with E-state index in [-0.39, 0.29) is 6.10 Å². The summed E-state index contributed by atoms with van der Waals surface area (Å²) in [5.74, 6) is 1.09. The highest BCUT2D eigenvalue weighted by Crippen LogP contribution is 2.41. The van der Waals surface area contributed by atoms with E-state index in [1.54, 1.807) is 0 Å². The third kappa shape index (κ3) is 1.97. The Hall–Kier alpha value is -0.0500. The zero-order chi connectivity index (χ0) is 10.1. The van der Waals surface area contributed by atoms with Gasteiger partial charge in [-0.05, 0) is 24.0 Å². The van der Waals surface area contributed by atoms with Crippen LogP contribution < -0.4 is 0 Å². The Bertz CT molecular complexity index is 306. The zero-order valence-corrected chi connectivity index (χ0v) is 9.81. The van der Waals surface area contributed by atoms with Gasteiger partial charge in [0.1, 0.15) is 0 Å². The van der Waals surface area contributed by atoms with Crippen molar-refractivity contribution in [2.45, 2.75) is 32.3 Å². The van der Waals surface area contributed by atoms with E-state index >= 15 is 0 Å². The van der Waals surface area contributed by atoms with Crippen molar-refractivity contribution in [3.8, 4) is 0 Å². The highest BCUT2D eigenvalue weighted by atomic mass is 35.5. The maximum absolute atomic E-state index is 10.1. The number of hydrogen-bond donors (Lipinski definition) is 1. The van der Waals surface area contributed by atoms with Gasteiger partial charge in [-0.3, -0.25) is 0 Å². The lowest BCUT2D eigenvalue weighted by Gasteiger charge is -2.33. The molecule has 14 heavy (non-hydrogen) atoms. The van der Waals surface area contributed by atoms with Gasteiger partial charge in [0, 0.05) is 4.88 Å². The van der Waals surface area contributed by atoms with Crippen LogP contribution in [0.25, 0.3) is 0 Å². The summed E-state index contributed by atoms with van der Waals surface area (Å²) in [4.78, 5) is 1.01. The van der Waals surface area contributed by atoms with E-state index in [1.807, 2.05) is 12.1 Å². The molecule has 0 aromatic carbocycles. The molecule has 1 N–H and O–H groups in total. The van der Waals surface area contributed by atoms with Crippen LogP contribution in [0.15, 0.2) is 12.1 Å². The molecule has 78 valence electrons. The molecule has 1 aliphatic rings. The molecule has 1 aromatic heterocycles. The van der Waals surface area contributed by atoms with Gasteiger partial charge in [0.25, 0.3) is 0 Å². The van der Waals surface area contributed by atoms with Crippen LogP contribution in [0.5, 0.6) is 0 Å². The number of rotatable bonds is 3. The van der Waals surface area contributed by atoms with Crippen molar-refractivity contribution in [1.29, 1.82) is 0 Å². The monoisotopic (exact) mass is 230 g/mol. The number of halogens is 1. The standard InChI is InChI=1S/C11H15ClOS/c1-7(8-3-2-4-8)11(13)9-5-6-10(12)14-9/h5-8,11,13H,2-4H2,1H3. The average molecular weight is 231 g/mol. The predicted molar refractivity (Wildman–Crippen MR) is 60.8 cm³/mol. The van der Waals surface area contributed by atoms with Crippen molar-refractivity contribution < 1.29 is 5.11 Å². The molecule has 0 saturated heterocycles. The van der Waals surface area contributed by atoms with E-state index < -0.39 is 0 Å². The molecule has 1 saturated carbocycles. The van der Waals surface area contributed by atoms with E-state index in [2.05, 4.69) is 6.92 Å². The van der Waals surface area contributed by atoms with Gasteiger partial charge < -0.3 is 5.11 Å². The van der Waals surface area contributed by atoms with Gasteiger partial charge >= 0.3 is 0 Å². The first-order valence-electron chi connectivity index (χ1n) is 5.12. The van der Waals surface area contributed by atoms with Gasteiger partial charge in [-0.1, -0.05) is 37.8 Å². The molecular formula is C11H15ClOS. The van der Waals surface area contributed by atoms with Gasteiger partial charge in [0.15, 0.2) is 0 Å². The Morgan fingerprint density at radius 1 is 1.50 bits per heavy atom. The molecule has 1 aliphatic carbocycles. The van der Waals surface area contributed by atoms with Gasteiger partial charge in [0.05, 0.1) is 10.4 Å². The van der Waals surface area contributed by atoms with Crippen LogP contribution in [0.1, 0.15) is 37.2 Å². The minimum Gasteiger partial charge on any atom is -0.387 e. The molecule has 2 unspecified atom stereocenters. The lowest BCUT2D eigenvalue weighted by molar-refractivity contribution is 0.0559. The Morgan fingerprint density at radius 3 is 2.64 bits per heavy atom. The normalized spacial score (nSPS) is 21.6. The van der Waals surface area contributed by atoms with Gasteiger partial charge in [0.2, 0.25) is 0 Å². The zero-order valence-electron chi connectivity index (χ0n) is 8.24. The molecule has 0 bridgehead atoms. The van der Waals surface area contributed by atoms with Crippen molar-refractivity contribution in [3.05, 3.63) is 21.3 Å². The summed E-state index contributed by atoms with van der Waals surface area (Å²) in [6, 6.07) is 3.80. The van der Waals surface area contributed by atoms with Crippen LogP contribution in [-0.2, 0) is 0 Å². The van der Waals surface area contributed by atoms with E-state index in [9.17, 15) is 5.11 Å². The molecule has 0 amide bonds. The minimum absolute atomic E-state index is 0.321. The summed E-state index contributed by atoms with van der Waals surface area (Å²) in [6.07, 6.45) is 3.56. The summed E-state index contributed by atoms with van der Waals surface area (Å²) in [5, 5.41) is 10.1. The van der Waals surface area contributed by atoms with Gasteiger partial charge in [-0.2, -0.15) is 0 Å². The molecule has 1 aromatic rings. The average Bonchev–Trinajstić information content (AvgIpc) is 2.47. The third-order valence-electron chi connectivity index (χ3n) is 3.28. The molecular weight excluding hydrogens is 216 g/mol. The van der Waals surface area contributed by atoms with Crippen LogP contribution >= 0.6 is 22.9 Å². The van der Waals surface area contributed by atoms with Crippen molar-refractivity contribution >= 4 is 22.9 Å². The quantitative estimate of drug-likeness (QED) is 0.836. The molecule has 1 nitrogen and oxygen atoms in total. The Kier molecular flexibility index (Phi) is 3.15.